The maximum Gasteiger partial charge on any atom is 0.472 e. The van der Waals surface area contributed by atoms with Crippen LogP contribution in [0, 0.1) is 0 Å². The van der Waals surface area contributed by atoms with Gasteiger partial charge in [-0.1, -0.05) is 148 Å². The smallest absolute Gasteiger partial charge is 0.472 e. The van der Waals surface area contributed by atoms with Crippen LogP contribution in [-0.4, -0.2) is 69.0 Å². The lowest BCUT2D eigenvalue weighted by Gasteiger charge is -2.24. The summed E-state index contributed by atoms with van der Waals surface area (Å²) in [7, 11) is 1.67. The molecule has 0 aliphatic rings. The summed E-state index contributed by atoms with van der Waals surface area (Å²) in [5.41, 5.74) is 0. The van der Waals surface area contributed by atoms with E-state index in [2.05, 4.69) is 26.0 Å². The predicted molar refractivity (Wildman–Crippen MR) is 215 cm³/mol. The number of carbonyl (C=O) groups is 1. The Morgan fingerprint density at radius 1 is 0.608 bits per heavy atom. The number of likely N-dealkylation sites (N-methyl/N-ethyl adjacent to an activating group) is 1. The molecule has 0 amide bonds. The van der Waals surface area contributed by atoms with Crippen molar-refractivity contribution >= 4 is 13.8 Å². The van der Waals surface area contributed by atoms with Crippen molar-refractivity contribution in [3.05, 3.63) is 24.5 Å². The predicted octanol–water partition coefficient (Wildman–Crippen LogP) is 12.4. The van der Waals surface area contributed by atoms with Gasteiger partial charge in [0.15, 0.2) is 6.10 Å². The number of ether oxygens (including phenoxy) is 2. The van der Waals surface area contributed by atoms with Gasteiger partial charge >= 0.3 is 13.8 Å². The van der Waals surface area contributed by atoms with Crippen LogP contribution in [0.25, 0.3) is 0 Å². The molecule has 0 fully saturated rings. The number of phosphoric ester groups is 1. The molecular weight excluding hydrogens is 661 g/mol. The van der Waals surface area contributed by atoms with Gasteiger partial charge in [0.05, 0.1) is 34.0 Å². The Kier molecular flexibility index (Phi) is 35.0. The van der Waals surface area contributed by atoms with Crippen molar-refractivity contribution in [1.29, 1.82) is 0 Å². The quantitative estimate of drug-likeness (QED) is 0.0167. The summed E-state index contributed by atoms with van der Waals surface area (Å²) < 4.78 is 34.7. The first-order valence-corrected chi connectivity index (χ1v) is 22.6. The molecule has 0 saturated carbocycles. The van der Waals surface area contributed by atoms with Crippen molar-refractivity contribution in [3.63, 3.8) is 0 Å². The summed E-state index contributed by atoms with van der Waals surface area (Å²) in [6.07, 6.45) is 40.2. The molecule has 0 aromatic carbocycles. The fourth-order valence-electron chi connectivity index (χ4n) is 5.71. The SMILES string of the molecule is CCCCCC/C=C\CCCCCCCC/C=C\OC(COC(=O)CCCCCCCCCCCCCCC)COP(=O)(O)OCC[N+](C)(C)C. The fraction of sp³-hybridized carbons (Fsp3) is 0.881. The number of hydrogen-bond donors (Lipinski definition) is 1. The van der Waals surface area contributed by atoms with E-state index in [9.17, 15) is 14.3 Å². The van der Waals surface area contributed by atoms with Gasteiger partial charge in [0.1, 0.15) is 19.8 Å². The van der Waals surface area contributed by atoms with Crippen molar-refractivity contribution in [2.75, 3.05) is 47.5 Å². The normalized spacial score (nSPS) is 14.0. The van der Waals surface area contributed by atoms with E-state index in [1.807, 2.05) is 27.2 Å². The minimum Gasteiger partial charge on any atom is -0.492 e. The second-order valence-corrected chi connectivity index (χ2v) is 16.9. The van der Waals surface area contributed by atoms with Crippen molar-refractivity contribution in [3.8, 4) is 0 Å². The Morgan fingerprint density at radius 2 is 1.04 bits per heavy atom. The standard InChI is InChI=1S/C42H82NO7P/c1-6-8-10-12-14-16-18-20-21-22-24-26-28-30-32-34-37-47-41(40-50-51(45,46)49-38-36-43(3,4)5)39-48-42(44)35-33-31-29-27-25-23-19-17-15-13-11-9-7-2/h16,18,34,37,41H,6-15,17,19-33,35-36,38-40H2,1-5H3/p+1/b18-16-,37-34-. The molecule has 0 spiro atoms. The monoisotopic (exact) mass is 745 g/mol. The molecule has 9 heteroatoms. The number of esters is 1. The molecule has 2 unspecified atom stereocenters. The minimum atomic E-state index is -4.26. The zero-order valence-corrected chi connectivity index (χ0v) is 35.0. The summed E-state index contributed by atoms with van der Waals surface area (Å²) >= 11 is 0. The molecule has 8 nitrogen and oxygen atoms in total. The van der Waals surface area contributed by atoms with Crippen LogP contribution in [0.4, 0.5) is 0 Å². The number of phosphoric acid groups is 1. The zero-order valence-electron chi connectivity index (χ0n) is 34.1. The summed E-state index contributed by atoms with van der Waals surface area (Å²) in [6, 6.07) is 0. The number of unbranched alkanes of at least 4 members (excludes halogenated alkanes) is 23. The van der Waals surface area contributed by atoms with Crippen LogP contribution in [0.5, 0.6) is 0 Å². The number of hydrogen-bond acceptors (Lipinski definition) is 6. The molecule has 0 saturated heterocycles. The Morgan fingerprint density at radius 3 is 1.53 bits per heavy atom. The Balaban J connectivity index is 4.30. The number of carbonyl (C=O) groups excluding carboxylic acids is 1. The molecule has 0 radical (unpaired) electrons. The van der Waals surface area contributed by atoms with Gasteiger partial charge in [-0.25, -0.2) is 4.57 Å². The molecule has 1 N–H and O–H groups in total. The van der Waals surface area contributed by atoms with Crippen LogP contribution in [0.15, 0.2) is 24.5 Å². The Hall–Kier alpha value is -1.18. The van der Waals surface area contributed by atoms with Gasteiger partial charge in [0.2, 0.25) is 0 Å². The highest BCUT2D eigenvalue weighted by molar-refractivity contribution is 7.47. The van der Waals surface area contributed by atoms with Crippen molar-refractivity contribution in [2.24, 2.45) is 0 Å². The van der Waals surface area contributed by atoms with Gasteiger partial charge in [0, 0.05) is 6.42 Å². The largest absolute Gasteiger partial charge is 0.492 e. The van der Waals surface area contributed by atoms with E-state index in [1.54, 1.807) is 6.26 Å². The third-order valence-electron chi connectivity index (χ3n) is 9.10. The van der Waals surface area contributed by atoms with Crippen molar-refractivity contribution in [2.45, 2.75) is 193 Å². The fourth-order valence-corrected chi connectivity index (χ4v) is 6.45. The van der Waals surface area contributed by atoms with E-state index >= 15 is 0 Å². The first-order chi connectivity index (χ1) is 24.6. The summed E-state index contributed by atoms with van der Waals surface area (Å²) in [4.78, 5) is 22.6. The summed E-state index contributed by atoms with van der Waals surface area (Å²) in [6.45, 7) is 4.90. The van der Waals surface area contributed by atoms with Crippen LogP contribution in [0.1, 0.15) is 187 Å². The average Bonchev–Trinajstić information content (AvgIpc) is 3.08. The molecule has 0 aromatic rings. The molecule has 0 heterocycles. The van der Waals surface area contributed by atoms with Gasteiger partial charge < -0.3 is 18.9 Å². The number of nitrogens with zero attached hydrogens (tertiary/aromatic N) is 1. The van der Waals surface area contributed by atoms with Gasteiger partial charge in [-0.15, -0.1) is 0 Å². The van der Waals surface area contributed by atoms with Crippen molar-refractivity contribution in [1.82, 2.24) is 0 Å². The lowest BCUT2D eigenvalue weighted by molar-refractivity contribution is -0.870. The molecule has 0 bridgehead atoms. The topological polar surface area (TPSA) is 91.3 Å². The lowest BCUT2D eigenvalue weighted by atomic mass is 10.0. The average molecular weight is 745 g/mol. The molecule has 0 aromatic heterocycles. The van der Waals surface area contributed by atoms with Gasteiger partial charge in [-0.2, -0.15) is 0 Å². The van der Waals surface area contributed by atoms with Crippen LogP contribution >= 0.6 is 7.82 Å². The molecule has 2 atom stereocenters. The van der Waals surface area contributed by atoms with Crippen LogP contribution in [0.2, 0.25) is 0 Å². The zero-order chi connectivity index (χ0) is 37.7. The van der Waals surface area contributed by atoms with Crippen LogP contribution < -0.4 is 0 Å². The van der Waals surface area contributed by atoms with E-state index in [-0.39, 0.29) is 25.8 Å². The minimum absolute atomic E-state index is 0.0471. The summed E-state index contributed by atoms with van der Waals surface area (Å²) in [5.74, 6) is -0.277. The highest BCUT2D eigenvalue weighted by atomic mass is 31.2. The third-order valence-corrected chi connectivity index (χ3v) is 10.1. The maximum absolute atomic E-state index is 12.4. The van der Waals surface area contributed by atoms with Gasteiger partial charge in [-0.3, -0.25) is 13.8 Å². The summed E-state index contributed by atoms with van der Waals surface area (Å²) in [5, 5.41) is 0. The van der Waals surface area contributed by atoms with Gasteiger partial charge in [-0.05, 0) is 51.0 Å². The first-order valence-electron chi connectivity index (χ1n) is 21.1. The molecule has 0 rings (SSSR count). The lowest BCUT2D eigenvalue weighted by Crippen LogP contribution is -2.37. The Labute approximate surface area is 315 Å². The maximum atomic E-state index is 12.4. The molecular formula is C42H83NO7P+. The second-order valence-electron chi connectivity index (χ2n) is 15.4. The molecule has 0 aliphatic heterocycles. The number of quaternary nitrogens is 1. The molecule has 51 heavy (non-hydrogen) atoms. The van der Waals surface area contributed by atoms with Crippen molar-refractivity contribution < 1.29 is 37.3 Å². The first kappa shape index (κ1) is 49.8. The molecule has 0 aliphatic carbocycles. The van der Waals surface area contributed by atoms with E-state index in [0.29, 0.717) is 17.4 Å². The van der Waals surface area contributed by atoms with E-state index in [0.717, 1.165) is 32.1 Å². The number of rotatable bonds is 39. The van der Waals surface area contributed by atoms with E-state index in [4.69, 9.17) is 18.5 Å². The van der Waals surface area contributed by atoms with Gasteiger partial charge in [0.25, 0.3) is 0 Å². The highest BCUT2D eigenvalue weighted by Crippen LogP contribution is 2.43. The van der Waals surface area contributed by atoms with Crippen LogP contribution in [-0.2, 0) is 27.9 Å². The second kappa shape index (κ2) is 35.8. The Bertz CT molecular complexity index is 874. The third kappa shape index (κ3) is 39.9. The molecule has 302 valence electrons. The van der Waals surface area contributed by atoms with Crippen LogP contribution in [0.3, 0.4) is 0 Å². The van der Waals surface area contributed by atoms with E-state index in [1.165, 1.54) is 135 Å². The highest BCUT2D eigenvalue weighted by Gasteiger charge is 2.25. The van der Waals surface area contributed by atoms with E-state index < -0.39 is 13.9 Å². The number of allylic oxidation sites excluding steroid dienone is 3.